The number of nitrogens with one attached hydrogen (secondary N) is 2. The second-order valence-corrected chi connectivity index (χ2v) is 18.2. The highest BCUT2D eigenvalue weighted by Crippen LogP contribution is 2.43. The zero-order chi connectivity index (χ0) is 42.6. The minimum Gasteiger partial charge on any atom is -0.459 e. The zero-order valence-corrected chi connectivity index (χ0v) is 36.8. The second-order valence-electron chi connectivity index (χ2n) is 18.2. The van der Waals surface area contributed by atoms with Gasteiger partial charge in [0.25, 0.3) is 0 Å². The van der Waals surface area contributed by atoms with Gasteiger partial charge in [-0.2, -0.15) is 0 Å². The molecular formula is C41H79N3O12. The van der Waals surface area contributed by atoms with E-state index in [1.807, 2.05) is 53.6 Å². The number of ether oxygens (including phenoxy) is 6. The molecule has 3 rings (SSSR count). The summed E-state index contributed by atoms with van der Waals surface area (Å²) < 4.78 is 38.3. The molecule has 3 saturated heterocycles. The van der Waals surface area contributed by atoms with Gasteiger partial charge in [-0.3, -0.25) is 4.79 Å². The van der Waals surface area contributed by atoms with Gasteiger partial charge in [0, 0.05) is 38.1 Å². The summed E-state index contributed by atoms with van der Waals surface area (Å²) >= 11 is 0. The molecule has 15 nitrogen and oxygen atoms in total. The van der Waals surface area contributed by atoms with E-state index in [0.717, 1.165) is 6.42 Å². The second kappa shape index (κ2) is 20.0. The van der Waals surface area contributed by atoms with Gasteiger partial charge in [-0.15, -0.1) is 0 Å². The first-order chi connectivity index (χ1) is 25.9. The molecule has 0 spiro atoms. The Morgan fingerprint density at radius 3 is 2.18 bits per heavy atom. The van der Waals surface area contributed by atoms with Crippen LogP contribution in [0.1, 0.15) is 108 Å². The number of hydrogen-bond donors (Lipinski definition) is 7. The van der Waals surface area contributed by atoms with Gasteiger partial charge >= 0.3 is 5.97 Å². The topological polar surface area (TPSA) is 201 Å². The van der Waals surface area contributed by atoms with Crippen molar-refractivity contribution < 1.29 is 58.7 Å². The molecule has 7 N–H and O–H groups in total. The highest BCUT2D eigenvalue weighted by atomic mass is 16.7. The van der Waals surface area contributed by atoms with Crippen LogP contribution < -0.4 is 10.6 Å². The number of hydrogen-bond acceptors (Lipinski definition) is 15. The summed E-state index contributed by atoms with van der Waals surface area (Å²) in [5, 5.41) is 65.8. The Labute approximate surface area is 336 Å². The standard InChI is InChI=1S/C41H79N3O12/c1-15-17-42-22-41(50)28(8)53-31(20-39(41,10)51-14)55-33-25(5)35(56-37-32(45)29(44(12)13)18-24(4)52-37)38(9,48)19-23(3)21-43-27(7)34(46)40(11,49)30(16-2)54-36(47)26(33)6/h23-35,37,42-43,45-46,48-50H,15-22H2,1-14H3/t23-,24-,25+,26-,27-,28+,29+,30-,31?,32-,33+,34-,35-,37+,38?,39-,40-,41+/m1/s1. The van der Waals surface area contributed by atoms with Crippen molar-refractivity contribution in [1.82, 2.24) is 15.5 Å². The first kappa shape index (κ1) is 49.3. The molecule has 2 unspecified atom stereocenters. The fourth-order valence-corrected chi connectivity index (χ4v) is 9.21. The van der Waals surface area contributed by atoms with E-state index in [1.54, 1.807) is 34.6 Å². The molecule has 0 aromatic heterocycles. The maximum Gasteiger partial charge on any atom is 0.311 e. The Bertz CT molecular complexity index is 1230. The molecule has 18 atom stereocenters. The summed E-state index contributed by atoms with van der Waals surface area (Å²) in [5.41, 5.74) is -5.95. The van der Waals surface area contributed by atoms with Crippen LogP contribution in [-0.4, -0.2) is 167 Å². The number of rotatable bonds is 11. The summed E-state index contributed by atoms with van der Waals surface area (Å²) in [4.78, 5) is 16.2. The number of esters is 1. The van der Waals surface area contributed by atoms with Crippen molar-refractivity contribution in [3.05, 3.63) is 0 Å². The molecule has 3 aliphatic heterocycles. The van der Waals surface area contributed by atoms with E-state index < -0.39 is 95.5 Å². The SMILES string of the molecule is CCCNC[C@]1(O)[C@H](C)OC(O[C@H]2[C@H](C)[C@@H](O[C@@H]3O[C@H](C)C[C@H](N(C)C)[C@H]3O)C(C)(O)C[C@@H](C)CN[C@H](C)[C@@H](O)[C@](C)(O)[C@@H](CC)OC(=O)[C@@H]2C)C[C@@]1(C)OC. The van der Waals surface area contributed by atoms with Crippen molar-refractivity contribution in [2.75, 3.05) is 40.8 Å². The lowest BCUT2D eigenvalue weighted by Gasteiger charge is -2.53. The van der Waals surface area contributed by atoms with Crippen LogP contribution in [0, 0.1) is 17.8 Å². The van der Waals surface area contributed by atoms with Crippen LogP contribution in [0.5, 0.6) is 0 Å². The molecule has 3 fully saturated rings. The average molecular weight is 806 g/mol. The maximum absolute atomic E-state index is 14.3. The predicted molar refractivity (Wildman–Crippen MR) is 212 cm³/mol. The van der Waals surface area contributed by atoms with E-state index in [4.69, 9.17) is 28.4 Å². The van der Waals surface area contributed by atoms with Gasteiger partial charge in [-0.05, 0) is 107 Å². The number of carbonyl (C=O) groups is 1. The van der Waals surface area contributed by atoms with Crippen molar-refractivity contribution >= 4 is 5.97 Å². The first-order valence-electron chi connectivity index (χ1n) is 20.9. The van der Waals surface area contributed by atoms with Crippen molar-refractivity contribution in [1.29, 1.82) is 0 Å². The third-order valence-corrected chi connectivity index (χ3v) is 13.0. The third kappa shape index (κ3) is 11.0. The molecule has 0 aromatic rings. The Hall–Kier alpha value is -1.05. The molecule has 0 radical (unpaired) electrons. The van der Waals surface area contributed by atoms with Crippen LogP contribution in [0.2, 0.25) is 0 Å². The van der Waals surface area contributed by atoms with Crippen LogP contribution in [0.25, 0.3) is 0 Å². The van der Waals surface area contributed by atoms with Gasteiger partial charge in [0.2, 0.25) is 0 Å². The minimum atomic E-state index is -1.81. The molecule has 330 valence electrons. The molecule has 0 amide bonds. The maximum atomic E-state index is 14.3. The molecule has 0 saturated carbocycles. The molecule has 15 heteroatoms. The number of aliphatic hydroxyl groups excluding tert-OH is 2. The lowest BCUT2D eigenvalue weighted by atomic mass is 9.75. The summed E-state index contributed by atoms with van der Waals surface area (Å²) in [6, 6.07) is -0.877. The van der Waals surface area contributed by atoms with Crippen molar-refractivity contribution in [3.63, 3.8) is 0 Å². The van der Waals surface area contributed by atoms with E-state index >= 15 is 0 Å². The number of carbonyl (C=O) groups excluding carboxylic acids is 1. The van der Waals surface area contributed by atoms with E-state index in [9.17, 15) is 30.3 Å². The predicted octanol–water partition coefficient (Wildman–Crippen LogP) is 1.93. The lowest BCUT2D eigenvalue weighted by molar-refractivity contribution is -0.336. The summed E-state index contributed by atoms with van der Waals surface area (Å²) in [6.45, 7) is 20.9. The molecule has 0 aromatic carbocycles. The Balaban J connectivity index is 2.16. The molecule has 0 aliphatic carbocycles. The van der Waals surface area contributed by atoms with Crippen LogP contribution in [0.15, 0.2) is 0 Å². The van der Waals surface area contributed by atoms with E-state index in [0.29, 0.717) is 19.5 Å². The number of nitrogens with zero attached hydrogens (tertiary/aromatic N) is 1. The number of likely N-dealkylation sites (N-methyl/N-ethyl adjacent to an activating group) is 1. The summed E-state index contributed by atoms with van der Waals surface area (Å²) in [5.74, 6) is -2.66. The van der Waals surface area contributed by atoms with Crippen molar-refractivity contribution in [2.45, 2.75) is 198 Å². The van der Waals surface area contributed by atoms with Crippen LogP contribution >= 0.6 is 0 Å². The fraction of sp³-hybridized carbons (Fsp3) is 0.976. The van der Waals surface area contributed by atoms with Gasteiger partial charge in [0.1, 0.15) is 35.1 Å². The number of aliphatic hydroxyl groups is 5. The van der Waals surface area contributed by atoms with Gasteiger partial charge in [0.15, 0.2) is 12.6 Å². The molecule has 0 bridgehead atoms. The normalized spacial score (nSPS) is 47.9. The highest BCUT2D eigenvalue weighted by molar-refractivity contribution is 5.73. The van der Waals surface area contributed by atoms with Crippen molar-refractivity contribution in [2.24, 2.45) is 17.8 Å². The van der Waals surface area contributed by atoms with Gasteiger partial charge in [-0.25, -0.2) is 0 Å². The molecule has 3 heterocycles. The number of methoxy groups -OCH3 is 1. The summed E-state index contributed by atoms with van der Waals surface area (Å²) in [7, 11) is 5.31. The van der Waals surface area contributed by atoms with Crippen LogP contribution in [-0.2, 0) is 33.2 Å². The first-order valence-corrected chi connectivity index (χ1v) is 20.9. The van der Waals surface area contributed by atoms with E-state index in [1.165, 1.54) is 14.0 Å². The largest absolute Gasteiger partial charge is 0.459 e. The average Bonchev–Trinajstić information content (AvgIpc) is 3.12. The van der Waals surface area contributed by atoms with E-state index in [-0.39, 0.29) is 43.9 Å². The Morgan fingerprint density at radius 1 is 0.964 bits per heavy atom. The van der Waals surface area contributed by atoms with Crippen molar-refractivity contribution in [3.8, 4) is 0 Å². The minimum absolute atomic E-state index is 0.0939. The monoisotopic (exact) mass is 806 g/mol. The van der Waals surface area contributed by atoms with E-state index in [2.05, 4.69) is 10.6 Å². The van der Waals surface area contributed by atoms with Gasteiger partial charge < -0.3 is 69.5 Å². The third-order valence-electron chi connectivity index (χ3n) is 13.0. The summed E-state index contributed by atoms with van der Waals surface area (Å²) in [6.07, 6.45) is -6.71. The van der Waals surface area contributed by atoms with Crippen LogP contribution in [0.4, 0.5) is 0 Å². The molecule has 56 heavy (non-hydrogen) atoms. The van der Waals surface area contributed by atoms with Gasteiger partial charge in [-0.1, -0.05) is 27.7 Å². The Kier molecular flexibility index (Phi) is 17.6. The molecular weight excluding hydrogens is 726 g/mol. The number of cyclic esters (lactones) is 1. The van der Waals surface area contributed by atoms with Crippen LogP contribution in [0.3, 0.4) is 0 Å². The lowest BCUT2D eigenvalue weighted by Crippen LogP contribution is -2.70. The smallest absolute Gasteiger partial charge is 0.311 e. The fourth-order valence-electron chi connectivity index (χ4n) is 9.21. The van der Waals surface area contributed by atoms with Gasteiger partial charge in [0.05, 0.1) is 35.9 Å². The molecule has 3 aliphatic rings. The quantitative estimate of drug-likeness (QED) is 0.118. The Morgan fingerprint density at radius 2 is 1.61 bits per heavy atom. The zero-order valence-electron chi connectivity index (χ0n) is 36.8. The highest BCUT2D eigenvalue weighted by Gasteiger charge is 2.58.